The van der Waals surface area contributed by atoms with Gasteiger partial charge in [0.25, 0.3) is 5.56 Å². The Bertz CT molecular complexity index is 672. The first-order chi connectivity index (χ1) is 9.02. The van der Waals surface area contributed by atoms with Crippen molar-refractivity contribution in [1.82, 2.24) is 9.55 Å². The molecule has 0 unspecified atom stereocenters. The summed E-state index contributed by atoms with van der Waals surface area (Å²) in [7, 11) is 0. The molecule has 0 N–H and O–H groups in total. The van der Waals surface area contributed by atoms with Crippen molar-refractivity contribution < 1.29 is 9.53 Å². The number of hydrogen-bond acceptors (Lipinski definition) is 5. The van der Waals surface area contributed by atoms with Crippen LogP contribution < -0.4 is 5.56 Å². The summed E-state index contributed by atoms with van der Waals surface area (Å²) in [5.74, 6) is 0.132. The largest absolute Gasteiger partial charge is 0.464 e. The summed E-state index contributed by atoms with van der Waals surface area (Å²) in [6.07, 6.45) is 0.765. The lowest BCUT2D eigenvalue weighted by molar-refractivity contribution is -0.144. The van der Waals surface area contributed by atoms with E-state index in [1.165, 1.54) is 15.9 Å². The van der Waals surface area contributed by atoms with Crippen molar-refractivity contribution in [3.8, 4) is 0 Å². The maximum atomic E-state index is 12.3. The van der Waals surface area contributed by atoms with Crippen molar-refractivity contribution in [2.75, 3.05) is 6.61 Å². The Balaban J connectivity index is 2.37. The molecule has 102 valence electrons. The molecule has 19 heavy (non-hydrogen) atoms. The van der Waals surface area contributed by atoms with Crippen LogP contribution in [-0.2, 0) is 16.1 Å². The van der Waals surface area contributed by atoms with Crippen molar-refractivity contribution in [3.63, 3.8) is 0 Å². The van der Waals surface area contributed by atoms with E-state index in [0.29, 0.717) is 17.8 Å². The smallest absolute Gasteiger partial charge is 0.326 e. The lowest BCUT2D eigenvalue weighted by atomic mass is 10.3. The zero-order valence-corrected chi connectivity index (χ0v) is 12.0. The normalized spacial score (nSPS) is 10.9. The third-order valence-electron chi connectivity index (χ3n) is 2.72. The van der Waals surface area contributed by atoms with Crippen LogP contribution in [0.15, 0.2) is 10.9 Å². The number of carbonyl (C=O) groups excluding carboxylic acids is 1. The SMILES string of the molecule is CCCOC(=O)Cn1c(C)nc2sc(C)cc2c1=O. The van der Waals surface area contributed by atoms with Gasteiger partial charge in [-0.15, -0.1) is 11.3 Å². The minimum Gasteiger partial charge on any atom is -0.464 e. The van der Waals surface area contributed by atoms with Crippen LogP contribution in [0.5, 0.6) is 0 Å². The molecular formula is C13H16N2O3S. The average Bonchev–Trinajstić information content (AvgIpc) is 2.72. The molecule has 0 aromatic carbocycles. The fourth-order valence-corrected chi connectivity index (χ4v) is 2.73. The molecule has 0 aliphatic heterocycles. The van der Waals surface area contributed by atoms with Gasteiger partial charge in [-0.25, -0.2) is 4.98 Å². The number of thiophene rings is 1. The molecule has 0 fully saturated rings. The molecule has 0 saturated carbocycles. The molecule has 0 atom stereocenters. The van der Waals surface area contributed by atoms with E-state index in [0.717, 1.165) is 16.1 Å². The minimum absolute atomic E-state index is 0.0809. The maximum Gasteiger partial charge on any atom is 0.326 e. The number of esters is 1. The van der Waals surface area contributed by atoms with E-state index in [1.807, 2.05) is 19.9 Å². The van der Waals surface area contributed by atoms with Crippen LogP contribution in [-0.4, -0.2) is 22.1 Å². The maximum absolute atomic E-state index is 12.3. The Morgan fingerprint density at radius 3 is 2.89 bits per heavy atom. The second-order valence-corrected chi connectivity index (χ2v) is 5.58. The number of hydrogen-bond donors (Lipinski definition) is 0. The van der Waals surface area contributed by atoms with E-state index in [4.69, 9.17) is 4.74 Å². The van der Waals surface area contributed by atoms with Crippen molar-refractivity contribution in [3.05, 3.63) is 27.1 Å². The Hall–Kier alpha value is -1.69. The molecule has 2 aromatic rings. The quantitative estimate of drug-likeness (QED) is 0.804. The molecule has 2 rings (SSSR count). The number of fused-ring (bicyclic) bond motifs is 1. The number of carbonyl (C=O) groups is 1. The highest BCUT2D eigenvalue weighted by atomic mass is 32.1. The van der Waals surface area contributed by atoms with E-state index in [2.05, 4.69) is 4.98 Å². The van der Waals surface area contributed by atoms with Gasteiger partial charge in [-0.2, -0.15) is 0 Å². The molecule has 6 heteroatoms. The fraction of sp³-hybridized carbons (Fsp3) is 0.462. The van der Waals surface area contributed by atoms with E-state index in [-0.39, 0.29) is 12.1 Å². The summed E-state index contributed by atoms with van der Waals surface area (Å²) >= 11 is 1.48. The van der Waals surface area contributed by atoms with Crippen LogP contribution >= 0.6 is 11.3 Å². The van der Waals surface area contributed by atoms with Gasteiger partial charge in [-0.3, -0.25) is 14.2 Å². The van der Waals surface area contributed by atoms with Gasteiger partial charge in [0, 0.05) is 4.88 Å². The molecule has 0 spiro atoms. The van der Waals surface area contributed by atoms with Crippen LogP contribution in [0.3, 0.4) is 0 Å². The standard InChI is InChI=1S/C13H16N2O3S/c1-4-5-18-11(16)7-15-9(3)14-12-10(13(15)17)6-8(2)19-12/h6H,4-5,7H2,1-3H3. The molecule has 5 nitrogen and oxygen atoms in total. The summed E-state index contributed by atoms with van der Waals surface area (Å²) in [6, 6.07) is 1.81. The summed E-state index contributed by atoms with van der Waals surface area (Å²) in [5.41, 5.74) is -0.180. The molecule has 0 radical (unpaired) electrons. The van der Waals surface area contributed by atoms with Gasteiger partial charge < -0.3 is 4.74 Å². The topological polar surface area (TPSA) is 61.2 Å². The Morgan fingerprint density at radius 2 is 2.21 bits per heavy atom. The predicted molar refractivity (Wildman–Crippen MR) is 74.6 cm³/mol. The number of nitrogens with zero attached hydrogens (tertiary/aromatic N) is 2. The molecule has 0 bridgehead atoms. The molecule has 0 saturated heterocycles. The zero-order valence-electron chi connectivity index (χ0n) is 11.2. The second-order valence-electron chi connectivity index (χ2n) is 4.35. The summed E-state index contributed by atoms with van der Waals surface area (Å²) in [5, 5.41) is 0.566. The first-order valence-corrected chi connectivity index (χ1v) is 6.97. The van der Waals surface area contributed by atoms with Crippen LogP contribution in [0.1, 0.15) is 24.0 Å². The summed E-state index contributed by atoms with van der Waals surface area (Å²) in [4.78, 5) is 30.0. The van der Waals surface area contributed by atoms with Gasteiger partial charge in [-0.05, 0) is 26.3 Å². The van der Waals surface area contributed by atoms with Gasteiger partial charge in [0.2, 0.25) is 0 Å². The molecular weight excluding hydrogens is 264 g/mol. The highest BCUT2D eigenvalue weighted by molar-refractivity contribution is 7.18. The zero-order chi connectivity index (χ0) is 14.0. The van der Waals surface area contributed by atoms with Crippen LogP contribution in [0.25, 0.3) is 10.2 Å². The first kappa shape index (κ1) is 13.7. The van der Waals surface area contributed by atoms with Crippen molar-refractivity contribution in [2.24, 2.45) is 0 Å². The lowest BCUT2D eigenvalue weighted by Gasteiger charge is -2.08. The Labute approximate surface area is 114 Å². The Morgan fingerprint density at radius 1 is 1.47 bits per heavy atom. The predicted octanol–water partition coefficient (Wildman–Crippen LogP) is 2.03. The third-order valence-corrected chi connectivity index (χ3v) is 3.66. The van der Waals surface area contributed by atoms with Gasteiger partial charge in [0.15, 0.2) is 0 Å². The van der Waals surface area contributed by atoms with E-state index in [1.54, 1.807) is 6.92 Å². The Kier molecular flexibility index (Phi) is 3.99. The van der Waals surface area contributed by atoms with Crippen LogP contribution in [0.2, 0.25) is 0 Å². The van der Waals surface area contributed by atoms with Crippen molar-refractivity contribution >= 4 is 27.5 Å². The molecule has 2 heterocycles. The van der Waals surface area contributed by atoms with E-state index >= 15 is 0 Å². The van der Waals surface area contributed by atoms with Gasteiger partial charge in [0.1, 0.15) is 17.2 Å². The van der Waals surface area contributed by atoms with Gasteiger partial charge >= 0.3 is 5.97 Å². The lowest BCUT2D eigenvalue weighted by Crippen LogP contribution is -2.28. The van der Waals surface area contributed by atoms with E-state index < -0.39 is 5.97 Å². The third kappa shape index (κ3) is 2.84. The van der Waals surface area contributed by atoms with Crippen LogP contribution in [0.4, 0.5) is 0 Å². The highest BCUT2D eigenvalue weighted by Gasteiger charge is 2.13. The number of aromatic nitrogens is 2. The fourth-order valence-electron chi connectivity index (χ4n) is 1.81. The van der Waals surface area contributed by atoms with Gasteiger partial charge in [0.05, 0.1) is 12.0 Å². The molecule has 0 aliphatic rings. The molecule has 2 aromatic heterocycles. The summed E-state index contributed by atoms with van der Waals surface area (Å²) < 4.78 is 6.37. The van der Waals surface area contributed by atoms with Crippen LogP contribution in [0, 0.1) is 13.8 Å². The van der Waals surface area contributed by atoms with Crippen molar-refractivity contribution in [2.45, 2.75) is 33.7 Å². The van der Waals surface area contributed by atoms with Gasteiger partial charge in [-0.1, -0.05) is 6.92 Å². The monoisotopic (exact) mass is 280 g/mol. The molecule has 0 amide bonds. The number of ether oxygens (including phenoxy) is 1. The number of rotatable bonds is 4. The number of aryl methyl sites for hydroxylation is 2. The van der Waals surface area contributed by atoms with Crippen molar-refractivity contribution in [1.29, 1.82) is 0 Å². The second kappa shape index (κ2) is 5.52. The average molecular weight is 280 g/mol. The molecule has 0 aliphatic carbocycles. The summed E-state index contributed by atoms with van der Waals surface area (Å²) in [6.45, 7) is 5.87. The minimum atomic E-state index is -0.403. The first-order valence-electron chi connectivity index (χ1n) is 6.16. The highest BCUT2D eigenvalue weighted by Crippen LogP contribution is 2.20. The van der Waals surface area contributed by atoms with E-state index in [9.17, 15) is 9.59 Å².